The Hall–Kier alpha value is -1.92. The van der Waals surface area contributed by atoms with Crippen LogP contribution in [0.15, 0.2) is 29.7 Å². The molecule has 2 aromatic heterocycles. The summed E-state index contributed by atoms with van der Waals surface area (Å²) in [5.74, 6) is -1.38. The fraction of sp³-hybridized carbons (Fsp3) is 0.0769. The molecule has 0 saturated heterocycles. The summed E-state index contributed by atoms with van der Waals surface area (Å²) < 4.78 is 0. The molecule has 0 aliphatic rings. The number of carboxylic acids is 1. The molecule has 0 unspecified atom stereocenters. The van der Waals surface area contributed by atoms with E-state index in [1.54, 1.807) is 19.1 Å². The van der Waals surface area contributed by atoms with Gasteiger partial charge in [0.25, 0.3) is 0 Å². The first-order valence-electron chi connectivity index (χ1n) is 5.42. The molecule has 2 aromatic rings. The number of amides is 1. The van der Waals surface area contributed by atoms with Gasteiger partial charge < -0.3 is 10.4 Å². The van der Waals surface area contributed by atoms with Gasteiger partial charge in [-0.05, 0) is 30.5 Å². The lowest BCUT2D eigenvalue weighted by Gasteiger charge is -1.99. The fourth-order valence-corrected chi connectivity index (χ4v) is 2.99. The van der Waals surface area contributed by atoms with Gasteiger partial charge in [0, 0.05) is 15.8 Å². The maximum absolute atomic E-state index is 11.7. The lowest BCUT2D eigenvalue weighted by Crippen LogP contribution is -2.09. The molecule has 0 atom stereocenters. The van der Waals surface area contributed by atoms with Gasteiger partial charge in [-0.2, -0.15) is 0 Å². The van der Waals surface area contributed by atoms with Crippen LogP contribution in [0.4, 0.5) is 5.00 Å². The number of aromatic carboxylic acids is 1. The monoisotopic (exact) mass is 293 g/mol. The number of carboxylic acid groups (broad SMARTS) is 1. The van der Waals surface area contributed by atoms with Gasteiger partial charge in [-0.3, -0.25) is 4.79 Å². The second kappa shape index (κ2) is 5.81. The van der Waals surface area contributed by atoms with Gasteiger partial charge in [-0.25, -0.2) is 4.79 Å². The molecule has 6 heteroatoms. The van der Waals surface area contributed by atoms with E-state index in [1.807, 2.05) is 17.5 Å². The largest absolute Gasteiger partial charge is 0.478 e. The molecule has 0 radical (unpaired) electrons. The van der Waals surface area contributed by atoms with E-state index < -0.39 is 5.97 Å². The molecule has 0 aromatic carbocycles. The number of hydrogen-bond acceptors (Lipinski definition) is 4. The number of rotatable bonds is 4. The van der Waals surface area contributed by atoms with Crippen LogP contribution in [0.1, 0.15) is 20.1 Å². The maximum atomic E-state index is 11.7. The molecule has 0 spiro atoms. The smallest absolute Gasteiger partial charge is 0.338 e. The quantitative estimate of drug-likeness (QED) is 0.848. The van der Waals surface area contributed by atoms with Crippen molar-refractivity contribution in [1.82, 2.24) is 0 Å². The van der Waals surface area contributed by atoms with Crippen molar-refractivity contribution in [2.24, 2.45) is 0 Å². The third-order valence-electron chi connectivity index (χ3n) is 2.26. The number of anilines is 1. The maximum Gasteiger partial charge on any atom is 0.338 e. The van der Waals surface area contributed by atoms with Crippen LogP contribution in [0.25, 0.3) is 6.08 Å². The highest BCUT2D eigenvalue weighted by Crippen LogP contribution is 2.27. The van der Waals surface area contributed by atoms with E-state index in [4.69, 9.17) is 5.11 Å². The summed E-state index contributed by atoms with van der Waals surface area (Å²) in [7, 11) is 0. The molecule has 0 aliphatic carbocycles. The molecule has 2 heterocycles. The standard InChI is InChI=1S/C13H11NO3S2/c1-8-7-10(13(16)17)12(19-8)14-11(15)5-4-9-3-2-6-18-9/h2-7H,1H3,(H,14,15)(H,16,17). The van der Waals surface area contributed by atoms with Crippen LogP contribution < -0.4 is 5.32 Å². The number of carbonyl (C=O) groups excluding carboxylic acids is 1. The van der Waals surface area contributed by atoms with Crippen molar-refractivity contribution in [3.63, 3.8) is 0 Å². The van der Waals surface area contributed by atoms with Gasteiger partial charge in [-0.15, -0.1) is 22.7 Å². The van der Waals surface area contributed by atoms with Crippen LogP contribution in [0.2, 0.25) is 0 Å². The van der Waals surface area contributed by atoms with E-state index in [9.17, 15) is 9.59 Å². The predicted molar refractivity (Wildman–Crippen MR) is 78.0 cm³/mol. The van der Waals surface area contributed by atoms with Crippen molar-refractivity contribution < 1.29 is 14.7 Å². The third kappa shape index (κ3) is 3.52. The highest BCUT2D eigenvalue weighted by molar-refractivity contribution is 7.16. The summed E-state index contributed by atoms with van der Waals surface area (Å²) in [5.41, 5.74) is 0.125. The summed E-state index contributed by atoms with van der Waals surface area (Å²) in [6, 6.07) is 5.34. The molecular weight excluding hydrogens is 282 g/mol. The summed E-state index contributed by atoms with van der Waals surface area (Å²) in [6.45, 7) is 1.80. The topological polar surface area (TPSA) is 66.4 Å². The van der Waals surface area contributed by atoms with Crippen molar-refractivity contribution in [3.8, 4) is 0 Å². The molecule has 0 fully saturated rings. The molecular formula is C13H11NO3S2. The van der Waals surface area contributed by atoms with E-state index in [2.05, 4.69) is 5.32 Å². The second-order valence-corrected chi connectivity index (χ2v) is 5.98. The fourth-order valence-electron chi connectivity index (χ4n) is 1.46. The first kappa shape index (κ1) is 13.5. The van der Waals surface area contributed by atoms with E-state index in [0.29, 0.717) is 5.00 Å². The normalized spacial score (nSPS) is 10.8. The minimum absolute atomic E-state index is 0.125. The Morgan fingerprint density at radius 3 is 2.84 bits per heavy atom. The zero-order valence-corrected chi connectivity index (χ0v) is 11.7. The Labute approximate surface area is 118 Å². The Morgan fingerprint density at radius 2 is 2.21 bits per heavy atom. The molecule has 2 rings (SSSR count). The highest BCUT2D eigenvalue weighted by Gasteiger charge is 2.14. The van der Waals surface area contributed by atoms with Crippen molar-refractivity contribution >= 4 is 45.6 Å². The minimum Gasteiger partial charge on any atom is -0.478 e. The third-order valence-corrected chi connectivity index (χ3v) is 4.07. The molecule has 0 saturated carbocycles. The van der Waals surface area contributed by atoms with Gasteiger partial charge in [0.15, 0.2) is 0 Å². The Balaban J connectivity index is 2.09. The average Bonchev–Trinajstić information content (AvgIpc) is 2.96. The number of thiophene rings is 2. The summed E-state index contributed by atoms with van der Waals surface area (Å²) in [5, 5.41) is 13.9. The molecule has 4 nitrogen and oxygen atoms in total. The average molecular weight is 293 g/mol. The van der Waals surface area contributed by atoms with Crippen molar-refractivity contribution in [3.05, 3.63) is 45.0 Å². The zero-order valence-electron chi connectivity index (χ0n) is 10.0. The van der Waals surface area contributed by atoms with E-state index in [-0.39, 0.29) is 11.5 Å². The SMILES string of the molecule is Cc1cc(C(=O)O)c(NC(=O)C=Cc2cccs2)s1. The number of nitrogens with one attached hydrogen (secondary N) is 1. The Kier molecular flexibility index (Phi) is 4.13. The van der Waals surface area contributed by atoms with Gasteiger partial charge in [-0.1, -0.05) is 6.07 Å². The van der Waals surface area contributed by atoms with Crippen LogP contribution in [-0.4, -0.2) is 17.0 Å². The lowest BCUT2D eigenvalue weighted by molar-refractivity contribution is -0.111. The molecule has 2 N–H and O–H groups in total. The molecule has 1 amide bonds. The summed E-state index contributed by atoms with van der Waals surface area (Å²) in [4.78, 5) is 24.5. The van der Waals surface area contributed by atoms with Gasteiger partial charge in [0.1, 0.15) is 5.00 Å². The van der Waals surface area contributed by atoms with Crippen LogP contribution >= 0.6 is 22.7 Å². The first-order chi connectivity index (χ1) is 9.06. The van der Waals surface area contributed by atoms with Crippen LogP contribution in [0, 0.1) is 6.92 Å². The highest BCUT2D eigenvalue weighted by atomic mass is 32.1. The van der Waals surface area contributed by atoms with Crippen molar-refractivity contribution in [1.29, 1.82) is 0 Å². The second-order valence-electron chi connectivity index (χ2n) is 3.74. The van der Waals surface area contributed by atoms with Crippen LogP contribution in [0.3, 0.4) is 0 Å². The number of aryl methyl sites for hydroxylation is 1. The first-order valence-corrected chi connectivity index (χ1v) is 7.12. The van der Waals surface area contributed by atoms with Gasteiger partial charge >= 0.3 is 5.97 Å². The van der Waals surface area contributed by atoms with Gasteiger partial charge in [0.2, 0.25) is 5.91 Å². The summed E-state index contributed by atoms with van der Waals surface area (Å²) >= 11 is 2.78. The van der Waals surface area contributed by atoms with Gasteiger partial charge in [0.05, 0.1) is 5.56 Å². The molecule has 0 bridgehead atoms. The number of carbonyl (C=O) groups is 2. The Bertz CT molecular complexity index is 626. The zero-order chi connectivity index (χ0) is 13.8. The van der Waals surface area contributed by atoms with Crippen molar-refractivity contribution in [2.75, 3.05) is 5.32 Å². The minimum atomic E-state index is -1.04. The van der Waals surface area contributed by atoms with Crippen molar-refractivity contribution in [2.45, 2.75) is 6.92 Å². The molecule has 0 aliphatic heterocycles. The number of hydrogen-bond donors (Lipinski definition) is 2. The lowest BCUT2D eigenvalue weighted by atomic mass is 10.3. The van der Waals surface area contributed by atoms with E-state index >= 15 is 0 Å². The van der Waals surface area contributed by atoms with E-state index in [1.165, 1.54) is 28.7 Å². The van der Waals surface area contributed by atoms with E-state index in [0.717, 1.165) is 9.75 Å². The predicted octanol–water partition coefficient (Wildman–Crippen LogP) is 3.47. The summed E-state index contributed by atoms with van der Waals surface area (Å²) in [6.07, 6.45) is 3.09. The van der Waals surface area contributed by atoms with Crippen LogP contribution in [0.5, 0.6) is 0 Å². The molecule has 98 valence electrons. The Morgan fingerprint density at radius 1 is 1.42 bits per heavy atom. The van der Waals surface area contributed by atoms with Crippen LogP contribution in [-0.2, 0) is 4.79 Å². The molecule has 19 heavy (non-hydrogen) atoms.